The first-order valence-corrected chi connectivity index (χ1v) is 9.60. The van der Waals surface area contributed by atoms with E-state index in [0.29, 0.717) is 25.2 Å². The molecular formula is C17H27N3O3S. The smallest absolute Gasteiger partial charge is 0.243 e. The van der Waals surface area contributed by atoms with Gasteiger partial charge in [-0.25, -0.2) is 8.42 Å². The Kier molecular flexibility index (Phi) is 5.67. The molecule has 0 spiro atoms. The molecule has 1 N–H and O–H groups in total. The number of hydrogen-bond acceptors (Lipinski definition) is 4. The van der Waals surface area contributed by atoms with E-state index in [9.17, 15) is 13.2 Å². The van der Waals surface area contributed by atoms with Crippen LogP contribution in [0.3, 0.4) is 0 Å². The van der Waals surface area contributed by atoms with Crippen LogP contribution in [0.15, 0.2) is 29.2 Å². The second kappa shape index (κ2) is 7.21. The van der Waals surface area contributed by atoms with Crippen LogP contribution in [0.25, 0.3) is 0 Å². The number of hydrogen-bond donors (Lipinski definition) is 1. The minimum absolute atomic E-state index is 0.0721. The van der Waals surface area contributed by atoms with Gasteiger partial charge in [0.25, 0.3) is 0 Å². The van der Waals surface area contributed by atoms with Crippen LogP contribution in [0.2, 0.25) is 0 Å². The molecule has 1 saturated heterocycles. The van der Waals surface area contributed by atoms with Crippen molar-refractivity contribution in [1.82, 2.24) is 9.21 Å². The molecule has 0 radical (unpaired) electrons. The van der Waals surface area contributed by atoms with E-state index in [1.165, 1.54) is 4.31 Å². The predicted octanol–water partition coefficient (Wildman–Crippen LogP) is 2.00. The molecule has 24 heavy (non-hydrogen) atoms. The van der Waals surface area contributed by atoms with Crippen molar-refractivity contribution in [3.8, 4) is 0 Å². The second-order valence-corrected chi connectivity index (χ2v) is 9.46. The average Bonchev–Trinajstić information content (AvgIpc) is 2.46. The zero-order valence-electron chi connectivity index (χ0n) is 14.9. The summed E-state index contributed by atoms with van der Waals surface area (Å²) in [7, 11) is -1.48. The summed E-state index contributed by atoms with van der Waals surface area (Å²) in [5, 5.41) is 2.81. The molecule has 0 bridgehead atoms. The van der Waals surface area contributed by atoms with Crippen LogP contribution in [0.4, 0.5) is 5.69 Å². The SMILES string of the molecule is CN1CCN(S(=O)(=O)c2ccc(NC(=O)CC(C)(C)C)cc2)CC1. The van der Waals surface area contributed by atoms with Crippen LogP contribution in [0.5, 0.6) is 0 Å². The number of sulfonamides is 1. The van der Waals surface area contributed by atoms with Gasteiger partial charge >= 0.3 is 0 Å². The van der Waals surface area contributed by atoms with E-state index in [2.05, 4.69) is 10.2 Å². The fourth-order valence-corrected chi connectivity index (χ4v) is 4.00. The molecule has 1 fully saturated rings. The molecule has 0 unspecified atom stereocenters. The van der Waals surface area contributed by atoms with Gasteiger partial charge in [-0.2, -0.15) is 4.31 Å². The Morgan fingerprint density at radius 2 is 1.62 bits per heavy atom. The number of carbonyl (C=O) groups excluding carboxylic acids is 1. The van der Waals surface area contributed by atoms with E-state index in [0.717, 1.165) is 13.1 Å². The van der Waals surface area contributed by atoms with E-state index in [1.807, 2.05) is 27.8 Å². The summed E-state index contributed by atoms with van der Waals surface area (Å²) in [4.78, 5) is 14.3. The summed E-state index contributed by atoms with van der Waals surface area (Å²) >= 11 is 0. The van der Waals surface area contributed by atoms with Gasteiger partial charge in [-0.15, -0.1) is 0 Å². The molecule has 1 aromatic carbocycles. The highest BCUT2D eigenvalue weighted by atomic mass is 32.2. The summed E-state index contributed by atoms with van der Waals surface area (Å²) in [6, 6.07) is 6.40. The van der Waals surface area contributed by atoms with Gasteiger partial charge in [0.15, 0.2) is 0 Å². The molecule has 7 heteroatoms. The third kappa shape index (κ3) is 5.03. The van der Waals surface area contributed by atoms with Crippen molar-refractivity contribution in [2.75, 3.05) is 38.5 Å². The minimum atomic E-state index is -3.47. The Labute approximate surface area is 144 Å². The molecule has 0 saturated carbocycles. The summed E-state index contributed by atoms with van der Waals surface area (Å²) in [6.45, 7) is 8.47. The molecular weight excluding hydrogens is 326 g/mol. The number of amides is 1. The molecule has 2 rings (SSSR count). The number of carbonyl (C=O) groups is 1. The van der Waals surface area contributed by atoms with Crippen molar-refractivity contribution in [3.05, 3.63) is 24.3 Å². The topological polar surface area (TPSA) is 69.7 Å². The average molecular weight is 353 g/mol. The third-order valence-corrected chi connectivity index (χ3v) is 5.84. The molecule has 1 aliphatic heterocycles. The van der Waals surface area contributed by atoms with E-state index in [-0.39, 0.29) is 16.2 Å². The highest BCUT2D eigenvalue weighted by Crippen LogP contribution is 2.22. The fourth-order valence-electron chi connectivity index (χ4n) is 2.57. The van der Waals surface area contributed by atoms with Gasteiger partial charge in [-0.3, -0.25) is 4.79 Å². The van der Waals surface area contributed by atoms with Gasteiger partial charge in [0, 0.05) is 38.3 Å². The Balaban J connectivity index is 2.04. The van der Waals surface area contributed by atoms with Crippen LogP contribution in [0.1, 0.15) is 27.2 Å². The number of rotatable bonds is 4. The highest BCUT2D eigenvalue weighted by Gasteiger charge is 2.27. The normalized spacial score (nSPS) is 17.7. The number of nitrogens with one attached hydrogen (secondary N) is 1. The fraction of sp³-hybridized carbons (Fsp3) is 0.588. The lowest BCUT2D eigenvalue weighted by atomic mass is 9.92. The highest BCUT2D eigenvalue weighted by molar-refractivity contribution is 7.89. The van der Waals surface area contributed by atoms with Crippen molar-refractivity contribution < 1.29 is 13.2 Å². The molecule has 1 amide bonds. The zero-order valence-corrected chi connectivity index (χ0v) is 15.7. The van der Waals surface area contributed by atoms with Gasteiger partial charge in [0.2, 0.25) is 15.9 Å². The Bertz CT molecular complexity index is 670. The van der Waals surface area contributed by atoms with Crippen LogP contribution >= 0.6 is 0 Å². The first-order valence-electron chi connectivity index (χ1n) is 8.16. The quantitative estimate of drug-likeness (QED) is 0.899. The predicted molar refractivity (Wildman–Crippen MR) is 95.4 cm³/mol. The first-order chi connectivity index (χ1) is 11.1. The number of piperazine rings is 1. The minimum Gasteiger partial charge on any atom is -0.326 e. The van der Waals surface area contributed by atoms with Crippen LogP contribution < -0.4 is 5.32 Å². The Hall–Kier alpha value is -1.44. The molecule has 6 nitrogen and oxygen atoms in total. The van der Waals surface area contributed by atoms with E-state index >= 15 is 0 Å². The van der Waals surface area contributed by atoms with Crippen molar-refractivity contribution in [1.29, 1.82) is 0 Å². The standard InChI is InChI=1S/C17H27N3O3S/c1-17(2,3)13-16(21)18-14-5-7-15(8-6-14)24(22,23)20-11-9-19(4)10-12-20/h5-8H,9-13H2,1-4H3,(H,18,21). The van der Waals surface area contributed by atoms with Gasteiger partial charge in [0.1, 0.15) is 0 Å². The number of likely N-dealkylation sites (N-methyl/N-ethyl adjacent to an activating group) is 1. The van der Waals surface area contributed by atoms with Crippen molar-refractivity contribution in [3.63, 3.8) is 0 Å². The molecule has 0 aromatic heterocycles. The summed E-state index contributed by atoms with van der Waals surface area (Å²) < 4.78 is 26.8. The molecule has 134 valence electrons. The van der Waals surface area contributed by atoms with Gasteiger partial charge in [0.05, 0.1) is 4.90 Å². The Morgan fingerprint density at radius 1 is 1.08 bits per heavy atom. The number of benzene rings is 1. The van der Waals surface area contributed by atoms with E-state index in [1.54, 1.807) is 24.3 Å². The second-order valence-electron chi connectivity index (χ2n) is 7.52. The zero-order chi connectivity index (χ0) is 18.0. The van der Waals surface area contributed by atoms with E-state index < -0.39 is 10.0 Å². The molecule has 0 aliphatic carbocycles. The summed E-state index contributed by atoms with van der Waals surface area (Å²) in [5.74, 6) is -0.0721. The van der Waals surface area contributed by atoms with Crippen LogP contribution in [-0.2, 0) is 14.8 Å². The lowest BCUT2D eigenvalue weighted by molar-refractivity contribution is -0.117. The monoisotopic (exact) mass is 353 g/mol. The largest absolute Gasteiger partial charge is 0.326 e. The third-order valence-electron chi connectivity index (χ3n) is 3.93. The lowest BCUT2D eigenvalue weighted by Gasteiger charge is -2.31. The molecule has 1 aromatic rings. The summed E-state index contributed by atoms with van der Waals surface area (Å²) in [6.07, 6.45) is 0.411. The van der Waals surface area contributed by atoms with Crippen molar-refractivity contribution in [2.24, 2.45) is 5.41 Å². The Morgan fingerprint density at radius 3 is 2.12 bits per heavy atom. The summed E-state index contributed by atoms with van der Waals surface area (Å²) in [5.41, 5.74) is 0.524. The van der Waals surface area contributed by atoms with Crippen molar-refractivity contribution in [2.45, 2.75) is 32.1 Å². The molecule has 1 aliphatic rings. The maximum atomic E-state index is 12.6. The van der Waals surface area contributed by atoms with Gasteiger partial charge in [-0.05, 0) is 36.7 Å². The lowest BCUT2D eigenvalue weighted by Crippen LogP contribution is -2.46. The van der Waals surface area contributed by atoms with E-state index in [4.69, 9.17) is 0 Å². The van der Waals surface area contributed by atoms with Crippen LogP contribution in [-0.4, -0.2) is 56.8 Å². The maximum absolute atomic E-state index is 12.6. The molecule has 0 atom stereocenters. The van der Waals surface area contributed by atoms with Crippen molar-refractivity contribution >= 4 is 21.6 Å². The van der Waals surface area contributed by atoms with Gasteiger partial charge < -0.3 is 10.2 Å². The first kappa shape index (κ1) is 18.9. The van der Waals surface area contributed by atoms with Crippen LogP contribution in [0, 0.1) is 5.41 Å². The number of nitrogens with zero attached hydrogens (tertiary/aromatic N) is 2. The molecule has 1 heterocycles. The number of anilines is 1. The van der Waals surface area contributed by atoms with Gasteiger partial charge in [-0.1, -0.05) is 20.8 Å². The maximum Gasteiger partial charge on any atom is 0.243 e.